The summed E-state index contributed by atoms with van der Waals surface area (Å²) in [6.45, 7) is -1.28. The van der Waals surface area contributed by atoms with E-state index in [1.165, 1.54) is 24.8 Å². The summed E-state index contributed by atoms with van der Waals surface area (Å²) in [5, 5.41) is 7.75. The van der Waals surface area contributed by atoms with Gasteiger partial charge >= 0.3 is 5.97 Å². The normalized spacial score (nSPS) is 22.8. The lowest BCUT2D eigenvalue weighted by atomic mass is 9.84. The summed E-state index contributed by atoms with van der Waals surface area (Å²) in [6.07, 6.45) is 4.96. The molecule has 0 heterocycles. The average Bonchev–Trinajstić information content (AvgIpc) is 2.40. The number of aliphatic carboxylic acids is 1. The van der Waals surface area contributed by atoms with Crippen LogP contribution in [-0.4, -0.2) is 23.1 Å². The van der Waals surface area contributed by atoms with E-state index in [0.29, 0.717) is 11.3 Å². The fourth-order valence-electron chi connectivity index (χ4n) is 2.16. The van der Waals surface area contributed by atoms with Crippen molar-refractivity contribution in [1.29, 1.82) is 0 Å². The van der Waals surface area contributed by atoms with Crippen LogP contribution in [-0.2, 0) is 4.79 Å². The van der Waals surface area contributed by atoms with Crippen LogP contribution < -0.4 is 0 Å². The van der Waals surface area contributed by atoms with E-state index >= 15 is 0 Å². The maximum atomic E-state index is 10.5. The van der Waals surface area contributed by atoms with Crippen LogP contribution in [0.2, 0.25) is 0 Å². The molecule has 2 nitrogen and oxygen atoms in total. The van der Waals surface area contributed by atoms with E-state index in [9.17, 15) is 4.39 Å². The molecule has 2 atom stereocenters. The monoisotopic (exact) mass is 272 g/mol. The van der Waals surface area contributed by atoms with Gasteiger partial charge in [0, 0.05) is 5.38 Å². The van der Waals surface area contributed by atoms with Gasteiger partial charge < -0.3 is 5.11 Å². The van der Waals surface area contributed by atoms with Gasteiger partial charge in [0.25, 0.3) is 0 Å². The van der Waals surface area contributed by atoms with Gasteiger partial charge in [0.05, 0.1) is 0 Å². The fourth-order valence-corrected chi connectivity index (χ4v) is 2.53. The first-order valence-corrected chi connectivity index (χ1v) is 6.54. The Hall–Kier alpha value is -1.09. The maximum absolute atomic E-state index is 10.5. The van der Waals surface area contributed by atoms with Gasteiger partial charge in [-0.25, -0.2) is 9.18 Å². The lowest BCUT2D eigenvalue weighted by Gasteiger charge is -2.25. The Balaban J connectivity index is 0.000000280. The Morgan fingerprint density at radius 1 is 1.33 bits per heavy atom. The topological polar surface area (TPSA) is 37.3 Å². The Kier molecular flexibility index (Phi) is 6.73. The number of carbonyl (C=O) groups is 1. The minimum Gasteiger partial charge on any atom is -0.479 e. The van der Waals surface area contributed by atoms with Crippen LogP contribution in [0.15, 0.2) is 30.3 Å². The summed E-state index contributed by atoms with van der Waals surface area (Å²) in [7, 11) is 0. The molecule has 100 valence electrons. The molecule has 1 aliphatic rings. The second kappa shape index (κ2) is 8.09. The molecule has 1 fully saturated rings. The molecule has 4 heteroatoms. The highest BCUT2D eigenvalue weighted by atomic mass is 35.5. The third kappa shape index (κ3) is 5.50. The number of rotatable bonds is 2. The van der Waals surface area contributed by atoms with Crippen molar-refractivity contribution < 1.29 is 14.3 Å². The van der Waals surface area contributed by atoms with E-state index in [0.717, 1.165) is 6.42 Å². The van der Waals surface area contributed by atoms with Gasteiger partial charge in [-0.1, -0.05) is 36.8 Å². The van der Waals surface area contributed by atoms with E-state index in [-0.39, 0.29) is 0 Å². The molecule has 1 aliphatic carbocycles. The molecule has 18 heavy (non-hydrogen) atoms. The number of carboxylic acids is 1. The van der Waals surface area contributed by atoms with Crippen molar-refractivity contribution in [3.8, 4) is 0 Å². The largest absolute Gasteiger partial charge is 0.479 e. The molecule has 1 N–H and O–H groups in total. The van der Waals surface area contributed by atoms with Gasteiger partial charge in [0.1, 0.15) is 0 Å². The van der Waals surface area contributed by atoms with Crippen molar-refractivity contribution >= 4 is 17.6 Å². The van der Waals surface area contributed by atoms with Gasteiger partial charge in [-0.15, -0.1) is 11.6 Å². The Labute approximate surface area is 112 Å². The molecule has 0 amide bonds. The van der Waals surface area contributed by atoms with E-state index in [2.05, 4.69) is 30.3 Å². The number of hydrogen-bond acceptors (Lipinski definition) is 1. The predicted molar refractivity (Wildman–Crippen MR) is 70.9 cm³/mol. The van der Waals surface area contributed by atoms with Crippen LogP contribution in [0.1, 0.15) is 37.2 Å². The zero-order valence-electron chi connectivity index (χ0n) is 10.2. The van der Waals surface area contributed by atoms with Crippen molar-refractivity contribution in [3.05, 3.63) is 35.9 Å². The lowest BCUT2D eigenvalue weighted by Crippen LogP contribution is -2.13. The summed E-state index contributed by atoms with van der Waals surface area (Å²) in [5.74, 6) is -0.706. The number of benzene rings is 1. The van der Waals surface area contributed by atoms with Gasteiger partial charge in [-0.2, -0.15) is 0 Å². The summed E-state index contributed by atoms with van der Waals surface area (Å²) in [6, 6.07) is 10.8. The highest BCUT2D eigenvalue weighted by molar-refractivity contribution is 6.20. The predicted octanol–water partition coefficient (Wildman–Crippen LogP) is 3.99. The molecule has 2 rings (SSSR count). The quantitative estimate of drug-likeness (QED) is 0.827. The van der Waals surface area contributed by atoms with Crippen LogP contribution in [0, 0.1) is 0 Å². The molecule has 0 bridgehead atoms. The lowest BCUT2D eigenvalue weighted by molar-refractivity contribution is -0.137. The second-order valence-corrected chi connectivity index (χ2v) is 5.02. The van der Waals surface area contributed by atoms with Crippen LogP contribution in [0.5, 0.6) is 0 Å². The zero-order chi connectivity index (χ0) is 13.4. The van der Waals surface area contributed by atoms with E-state index in [1.54, 1.807) is 0 Å². The summed E-state index contributed by atoms with van der Waals surface area (Å²) in [5.41, 5.74) is 1.47. The molecule has 0 aromatic heterocycles. The van der Waals surface area contributed by atoms with Gasteiger partial charge in [0.15, 0.2) is 6.67 Å². The van der Waals surface area contributed by atoms with Crippen molar-refractivity contribution in [1.82, 2.24) is 0 Å². The molecule has 0 spiro atoms. The van der Waals surface area contributed by atoms with Crippen molar-refractivity contribution in [2.24, 2.45) is 0 Å². The number of hydrogen-bond donors (Lipinski definition) is 1. The van der Waals surface area contributed by atoms with Crippen LogP contribution >= 0.6 is 11.6 Å². The third-order valence-electron chi connectivity index (χ3n) is 3.00. The third-order valence-corrected chi connectivity index (χ3v) is 3.39. The average molecular weight is 273 g/mol. The van der Waals surface area contributed by atoms with E-state index < -0.39 is 12.6 Å². The standard InChI is InChI=1S/C12H15Cl.C2H3FO2/c13-12-8-4-7-11(9-12)10-5-2-1-3-6-10;3-1-2(4)5/h1-3,5-6,11-12H,4,7-9H2;1H2,(H,4,5). The molecular weight excluding hydrogens is 255 g/mol. The van der Waals surface area contributed by atoms with Crippen LogP contribution in [0.4, 0.5) is 4.39 Å². The molecule has 0 aliphatic heterocycles. The SMILES string of the molecule is ClC1CCCC(c2ccccc2)C1.O=C(O)CF. The van der Waals surface area contributed by atoms with Crippen molar-refractivity contribution in [2.45, 2.75) is 37.0 Å². The number of alkyl halides is 2. The molecule has 1 aromatic carbocycles. The van der Waals surface area contributed by atoms with Gasteiger partial charge in [-0.05, 0) is 30.7 Å². The molecule has 1 aromatic rings. The van der Waals surface area contributed by atoms with Crippen LogP contribution in [0.3, 0.4) is 0 Å². The first-order chi connectivity index (χ1) is 8.63. The summed E-state index contributed by atoms with van der Waals surface area (Å²) < 4.78 is 10.5. The fraction of sp³-hybridized carbons (Fsp3) is 0.500. The highest BCUT2D eigenvalue weighted by Gasteiger charge is 2.20. The molecule has 1 saturated carbocycles. The van der Waals surface area contributed by atoms with Crippen molar-refractivity contribution in [3.63, 3.8) is 0 Å². The second-order valence-electron chi connectivity index (χ2n) is 4.40. The summed E-state index contributed by atoms with van der Waals surface area (Å²) in [4.78, 5) is 8.99. The van der Waals surface area contributed by atoms with E-state index in [4.69, 9.17) is 21.5 Å². The van der Waals surface area contributed by atoms with Crippen molar-refractivity contribution in [2.75, 3.05) is 6.67 Å². The minimum atomic E-state index is -1.41. The molecule has 0 saturated heterocycles. The highest BCUT2D eigenvalue weighted by Crippen LogP contribution is 2.34. The molecule has 2 unspecified atom stereocenters. The Morgan fingerprint density at radius 2 is 1.94 bits per heavy atom. The Bertz CT molecular complexity index is 356. The Morgan fingerprint density at radius 3 is 2.44 bits per heavy atom. The number of carboxylic acid groups (broad SMARTS) is 1. The molecule has 0 radical (unpaired) electrons. The molecular formula is C14H18ClFO2. The van der Waals surface area contributed by atoms with Gasteiger partial charge in [0.2, 0.25) is 0 Å². The van der Waals surface area contributed by atoms with E-state index in [1.807, 2.05) is 0 Å². The van der Waals surface area contributed by atoms with Crippen LogP contribution in [0.25, 0.3) is 0 Å². The smallest absolute Gasteiger partial charge is 0.335 e. The van der Waals surface area contributed by atoms with Gasteiger partial charge in [-0.3, -0.25) is 0 Å². The minimum absolute atomic E-state index is 0.402. The first-order valence-electron chi connectivity index (χ1n) is 6.10. The first kappa shape index (κ1) is 15.0. The number of halogens is 2. The maximum Gasteiger partial charge on any atom is 0.335 e. The zero-order valence-corrected chi connectivity index (χ0v) is 10.9. The summed E-state index contributed by atoms with van der Waals surface area (Å²) >= 11 is 6.16.